The number of hydrogen-bond acceptors (Lipinski definition) is 2. The summed E-state index contributed by atoms with van der Waals surface area (Å²) in [5, 5.41) is 6.48. The Labute approximate surface area is 178 Å². The highest BCUT2D eigenvalue weighted by molar-refractivity contribution is 14.0. The second-order valence-electron chi connectivity index (χ2n) is 6.37. The van der Waals surface area contributed by atoms with Crippen LogP contribution in [0.3, 0.4) is 0 Å². The Morgan fingerprint density at radius 1 is 1.04 bits per heavy atom. The van der Waals surface area contributed by atoms with Crippen LogP contribution in [0, 0.1) is 5.82 Å². The molecule has 0 aromatic heterocycles. The van der Waals surface area contributed by atoms with Gasteiger partial charge in [-0.2, -0.15) is 0 Å². The maximum atomic E-state index is 13.6. The molecule has 2 N–H and O–H groups in total. The van der Waals surface area contributed by atoms with E-state index in [0.717, 1.165) is 11.1 Å². The number of ether oxygens (including phenoxy) is 1. The Hall–Kier alpha value is -1.67. The fraction of sp³-hybridized carbons (Fsp3) is 0.381. The number of benzene rings is 2. The van der Waals surface area contributed by atoms with Gasteiger partial charge in [0.05, 0.1) is 12.7 Å². The molecule has 0 heterocycles. The van der Waals surface area contributed by atoms with Crippen molar-refractivity contribution >= 4 is 29.9 Å². The lowest BCUT2D eigenvalue weighted by molar-refractivity contribution is 0.0657. The molecule has 4 nitrogen and oxygen atoms in total. The van der Waals surface area contributed by atoms with Crippen molar-refractivity contribution in [2.45, 2.75) is 39.5 Å². The SMILES string of the molecule is CN=C(NCCc1ccccc1F)NCc1ccc(COC(C)C)cc1.I. The zero-order chi connectivity index (χ0) is 18.8. The first-order chi connectivity index (χ1) is 12.6. The van der Waals surface area contributed by atoms with Gasteiger partial charge in [0.15, 0.2) is 5.96 Å². The smallest absolute Gasteiger partial charge is 0.191 e. The summed E-state index contributed by atoms with van der Waals surface area (Å²) in [4.78, 5) is 4.20. The number of aliphatic imine (C=N–C) groups is 1. The molecule has 0 bridgehead atoms. The van der Waals surface area contributed by atoms with Crippen LogP contribution < -0.4 is 10.6 Å². The first kappa shape index (κ1) is 23.4. The molecule has 0 saturated carbocycles. The Bertz CT molecular complexity index is 705. The summed E-state index contributed by atoms with van der Waals surface area (Å²) < 4.78 is 19.2. The summed E-state index contributed by atoms with van der Waals surface area (Å²) in [6, 6.07) is 15.2. The van der Waals surface area contributed by atoms with Crippen molar-refractivity contribution < 1.29 is 9.13 Å². The van der Waals surface area contributed by atoms with E-state index in [9.17, 15) is 4.39 Å². The lowest BCUT2D eigenvalue weighted by Gasteiger charge is -2.13. The molecule has 0 amide bonds. The normalized spacial score (nSPS) is 11.2. The molecule has 2 aromatic rings. The van der Waals surface area contributed by atoms with Crippen LogP contribution in [0.1, 0.15) is 30.5 Å². The molecule has 2 rings (SSSR count). The summed E-state index contributed by atoms with van der Waals surface area (Å²) in [7, 11) is 1.73. The quantitative estimate of drug-likeness (QED) is 0.334. The molecule has 0 unspecified atom stereocenters. The van der Waals surface area contributed by atoms with Gasteiger partial charge in [0.1, 0.15) is 5.82 Å². The van der Waals surface area contributed by atoms with Crippen molar-refractivity contribution in [2.75, 3.05) is 13.6 Å². The van der Waals surface area contributed by atoms with Crippen molar-refractivity contribution in [3.05, 3.63) is 71.0 Å². The van der Waals surface area contributed by atoms with Crippen molar-refractivity contribution in [1.29, 1.82) is 0 Å². The third-order valence-electron chi connectivity index (χ3n) is 3.93. The van der Waals surface area contributed by atoms with Crippen LogP contribution in [-0.2, 0) is 24.3 Å². The summed E-state index contributed by atoms with van der Waals surface area (Å²) in [6.07, 6.45) is 0.841. The Balaban J connectivity index is 0.00000364. The number of rotatable bonds is 8. The van der Waals surface area contributed by atoms with Gasteiger partial charge in [-0.25, -0.2) is 4.39 Å². The Morgan fingerprint density at radius 3 is 2.33 bits per heavy atom. The number of guanidine groups is 1. The first-order valence-electron chi connectivity index (χ1n) is 8.96. The van der Waals surface area contributed by atoms with E-state index in [1.807, 2.05) is 19.9 Å². The Kier molecular flexibility index (Phi) is 11.0. The van der Waals surface area contributed by atoms with Gasteiger partial charge in [-0.3, -0.25) is 4.99 Å². The monoisotopic (exact) mass is 485 g/mol. The molecule has 2 aromatic carbocycles. The van der Waals surface area contributed by atoms with E-state index < -0.39 is 0 Å². The van der Waals surface area contributed by atoms with Crippen LogP contribution in [-0.4, -0.2) is 25.7 Å². The fourth-order valence-corrected chi connectivity index (χ4v) is 2.44. The molecule has 27 heavy (non-hydrogen) atoms. The molecule has 0 spiro atoms. The van der Waals surface area contributed by atoms with E-state index in [2.05, 4.69) is 39.9 Å². The molecule has 0 fully saturated rings. The topological polar surface area (TPSA) is 45.7 Å². The minimum Gasteiger partial charge on any atom is -0.374 e. The molecule has 0 aliphatic rings. The van der Waals surface area contributed by atoms with Gasteiger partial charge in [-0.05, 0) is 43.0 Å². The van der Waals surface area contributed by atoms with E-state index in [4.69, 9.17) is 4.74 Å². The Morgan fingerprint density at radius 2 is 1.70 bits per heavy atom. The van der Waals surface area contributed by atoms with Crippen LogP contribution in [0.5, 0.6) is 0 Å². The van der Waals surface area contributed by atoms with Crippen molar-refractivity contribution in [3.63, 3.8) is 0 Å². The van der Waals surface area contributed by atoms with Gasteiger partial charge in [0.2, 0.25) is 0 Å². The highest BCUT2D eigenvalue weighted by Gasteiger charge is 2.03. The molecule has 0 saturated heterocycles. The molecule has 0 radical (unpaired) electrons. The van der Waals surface area contributed by atoms with Crippen LogP contribution in [0.25, 0.3) is 0 Å². The maximum Gasteiger partial charge on any atom is 0.191 e. The highest BCUT2D eigenvalue weighted by atomic mass is 127. The zero-order valence-electron chi connectivity index (χ0n) is 16.2. The molecule has 0 aliphatic heterocycles. The molecule has 6 heteroatoms. The standard InChI is InChI=1S/C21H28FN3O.HI/c1-16(2)26-15-18-10-8-17(9-11-18)14-25-21(23-3)24-13-12-19-6-4-5-7-20(19)22;/h4-11,16H,12-15H2,1-3H3,(H2,23,24,25);1H. The largest absolute Gasteiger partial charge is 0.374 e. The molecule has 0 aliphatic carbocycles. The van der Waals surface area contributed by atoms with E-state index in [-0.39, 0.29) is 35.9 Å². The van der Waals surface area contributed by atoms with Gasteiger partial charge in [-0.1, -0.05) is 42.5 Å². The lowest BCUT2D eigenvalue weighted by atomic mass is 10.1. The predicted molar refractivity (Wildman–Crippen MR) is 120 cm³/mol. The molecular weight excluding hydrogens is 456 g/mol. The third kappa shape index (κ3) is 8.71. The van der Waals surface area contributed by atoms with Gasteiger partial charge in [-0.15, -0.1) is 24.0 Å². The minimum absolute atomic E-state index is 0. The average molecular weight is 485 g/mol. The fourth-order valence-electron chi connectivity index (χ4n) is 2.44. The van der Waals surface area contributed by atoms with Crippen molar-refractivity contribution in [1.82, 2.24) is 10.6 Å². The van der Waals surface area contributed by atoms with E-state index in [0.29, 0.717) is 37.6 Å². The molecule has 0 atom stereocenters. The van der Waals surface area contributed by atoms with Gasteiger partial charge < -0.3 is 15.4 Å². The van der Waals surface area contributed by atoms with Gasteiger partial charge in [0, 0.05) is 20.1 Å². The lowest BCUT2D eigenvalue weighted by Crippen LogP contribution is -2.37. The van der Waals surface area contributed by atoms with Crippen LogP contribution in [0.4, 0.5) is 4.39 Å². The second-order valence-corrected chi connectivity index (χ2v) is 6.37. The van der Waals surface area contributed by atoms with Crippen molar-refractivity contribution in [2.24, 2.45) is 4.99 Å². The van der Waals surface area contributed by atoms with Crippen LogP contribution in [0.2, 0.25) is 0 Å². The number of hydrogen-bond donors (Lipinski definition) is 2. The third-order valence-corrected chi connectivity index (χ3v) is 3.93. The van der Waals surface area contributed by atoms with Gasteiger partial charge in [0.25, 0.3) is 0 Å². The first-order valence-corrected chi connectivity index (χ1v) is 8.96. The van der Waals surface area contributed by atoms with Crippen LogP contribution in [0.15, 0.2) is 53.5 Å². The summed E-state index contributed by atoms with van der Waals surface area (Å²) >= 11 is 0. The second kappa shape index (κ2) is 12.7. The summed E-state index contributed by atoms with van der Waals surface area (Å²) in [5.74, 6) is 0.535. The summed E-state index contributed by atoms with van der Waals surface area (Å²) in [6.45, 7) is 5.98. The van der Waals surface area contributed by atoms with E-state index in [1.54, 1.807) is 19.2 Å². The molecular formula is C21H29FIN3O. The van der Waals surface area contributed by atoms with Crippen LogP contribution >= 0.6 is 24.0 Å². The zero-order valence-corrected chi connectivity index (χ0v) is 18.5. The van der Waals surface area contributed by atoms with E-state index in [1.165, 1.54) is 6.07 Å². The highest BCUT2D eigenvalue weighted by Crippen LogP contribution is 2.07. The minimum atomic E-state index is -0.168. The van der Waals surface area contributed by atoms with Gasteiger partial charge >= 0.3 is 0 Å². The predicted octanol–water partition coefficient (Wildman–Crippen LogP) is 4.28. The van der Waals surface area contributed by atoms with E-state index >= 15 is 0 Å². The number of nitrogens with one attached hydrogen (secondary N) is 2. The average Bonchev–Trinajstić information content (AvgIpc) is 2.65. The van der Waals surface area contributed by atoms with Crippen molar-refractivity contribution in [3.8, 4) is 0 Å². The maximum absolute atomic E-state index is 13.6. The number of halogens is 2. The number of nitrogens with zero attached hydrogens (tertiary/aromatic N) is 1. The summed E-state index contributed by atoms with van der Waals surface area (Å²) in [5.41, 5.74) is 3.03. The molecule has 148 valence electrons.